The summed E-state index contributed by atoms with van der Waals surface area (Å²) in [6.07, 6.45) is 1.22. The second-order valence-electron chi connectivity index (χ2n) is 28.4. The van der Waals surface area contributed by atoms with Gasteiger partial charge < -0.3 is 64.2 Å². The molecule has 78 heavy (non-hydrogen) atoms. The lowest BCUT2D eigenvalue weighted by Crippen LogP contribution is -2.73. The van der Waals surface area contributed by atoms with Gasteiger partial charge in [0.15, 0.2) is 12.4 Å². The van der Waals surface area contributed by atoms with Crippen LogP contribution in [-0.2, 0) is 50.3 Å². The average Bonchev–Trinajstić information content (AvgIpc) is 2.52. The summed E-state index contributed by atoms with van der Waals surface area (Å²) in [5.41, 5.74) is -2.50. The first-order valence-electron chi connectivity index (χ1n) is 29.4. The van der Waals surface area contributed by atoms with Crippen molar-refractivity contribution in [1.82, 2.24) is 0 Å². The van der Waals surface area contributed by atoms with E-state index in [1.807, 2.05) is 0 Å². The molecule has 3 heterocycles. The number of carbonyl (C=O) groups excluding carboxylic acids is 2. The molecule has 10 aliphatic rings. The maximum Gasteiger partial charge on any atom is 0.341 e. The number of methoxy groups -OCH3 is 2. The first kappa shape index (κ1) is 56.4. The van der Waals surface area contributed by atoms with Crippen LogP contribution in [-0.4, -0.2) is 129 Å². The Morgan fingerprint density at radius 1 is 0.705 bits per heavy atom. The predicted molar refractivity (Wildman–Crippen MR) is 279 cm³/mol. The number of carboxylic acids is 2. The number of benzene rings is 1. The smallest absolute Gasteiger partial charge is 0.341 e. The van der Waals surface area contributed by atoms with Crippen molar-refractivity contribution in [2.75, 3.05) is 27.4 Å². The molecule has 0 amide bonds. The van der Waals surface area contributed by atoms with E-state index in [9.17, 15) is 54.9 Å². The fourth-order valence-corrected chi connectivity index (χ4v) is 22.4. The summed E-state index contributed by atoms with van der Waals surface area (Å²) in [5, 5.41) is 78.3. The molecule has 17 heteroatoms. The van der Waals surface area contributed by atoms with Crippen molar-refractivity contribution in [2.45, 2.75) is 200 Å². The van der Waals surface area contributed by atoms with E-state index in [-0.39, 0.29) is 94.2 Å². The van der Waals surface area contributed by atoms with E-state index in [0.717, 1.165) is 57.8 Å². The molecule has 11 rings (SSSR count). The number of aliphatic carboxylic acids is 2. The van der Waals surface area contributed by atoms with E-state index in [2.05, 4.69) is 48.5 Å². The number of hydrogen-bond acceptors (Lipinski definition) is 15. The van der Waals surface area contributed by atoms with Gasteiger partial charge in [-0.25, -0.2) is 9.59 Å². The molecule has 8 fully saturated rings. The first-order chi connectivity index (χ1) is 36.6. The van der Waals surface area contributed by atoms with E-state index in [0.29, 0.717) is 60.3 Å². The van der Waals surface area contributed by atoms with E-state index >= 15 is 0 Å². The second kappa shape index (κ2) is 18.5. The van der Waals surface area contributed by atoms with Crippen LogP contribution in [0.5, 0.6) is 5.75 Å². The Balaban J connectivity index is 0.875. The molecule has 0 spiro atoms. The number of aliphatic hydroxyl groups excluding tert-OH is 4. The fraction of sp³-hybridized carbons (Fsp3) is 0.836. The summed E-state index contributed by atoms with van der Waals surface area (Å²) in [6, 6.07) is 3.40. The third-order valence-electron chi connectivity index (χ3n) is 26.3. The quantitative estimate of drug-likeness (QED) is 0.0917. The molecule has 24 atom stereocenters. The average molecular weight is 1090 g/mol. The van der Waals surface area contributed by atoms with Crippen LogP contribution >= 0.6 is 0 Å². The molecule has 7 aliphatic carbocycles. The zero-order chi connectivity index (χ0) is 56.5. The molecular formula is C61H88O17. The van der Waals surface area contributed by atoms with E-state index in [4.69, 9.17) is 28.4 Å². The van der Waals surface area contributed by atoms with Gasteiger partial charge in [0.1, 0.15) is 29.7 Å². The second-order valence-corrected chi connectivity index (χ2v) is 28.4. The summed E-state index contributed by atoms with van der Waals surface area (Å²) in [5.74, 6) is -4.07. The van der Waals surface area contributed by atoms with Crippen molar-refractivity contribution >= 4 is 23.9 Å². The summed E-state index contributed by atoms with van der Waals surface area (Å²) in [7, 11) is 2.58. The Labute approximate surface area is 458 Å². The minimum absolute atomic E-state index is 0.000783. The van der Waals surface area contributed by atoms with Gasteiger partial charge in [-0.1, -0.05) is 48.5 Å². The van der Waals surface area contributed by atoms with Crippen LogP contribution in [0.25, 0.3) is 0 Å². The highest BCUT2D eigenvalue weighted by Gasteiger charge is 2.77. The number of carboxylic acid groups (broad SMARTS) is 2. The lowest BCUT2D eigenvalue weighted by atomic mass is 9.27. The highest BCUT2D eigenvalue weighted by Crippen LogP contribution is 2.81. The Hall–Kier alpha value is -3.42. The molecule has 0 radical (unpaired) electrons. The van der Waals surface area contributed by atoms with Gasteiger partial charge in [-0.15, -0.1) is 0 Å². The zero-order valence-corrected chi connectivity index (χ0v) is 47.5. The minimum atomic E-state index is -2.00. The molecule has 434 valence electrons. The van der Waals surface area contributed by atoms with Crippen molar-refractivity contribution in [1.29, 1.82) is 0 Å². The summed E-state index contributed by atoms with van der Waals surface area (Å²) < 4.78 is 35.4. The van der Waals surface area contributed by atoms with Crippen LogP contribution in [0.2, 0.25) is 0 Å². The molecule has 0 bridgehead atoms. The maximum atomic E-state index is 14.0. The number of hydrogen-bond donors (Lipinski definition) is 7. The summed E-state index contributed by atoms with van der Waals surface area (Å²) >= 11 is 0. The number of carbonyl (C=O) groups is 4. The number of aliphatic hydroxyl groups is 5. The minimum Gasteiger partial charge on any atom is -0.484 e. The third-order valence-corrected chi connectivity index (χ3v) is 26.3. The molecule has 7 N–H and O–H groups in total. The van der Waals surface area contributed by atoms with Gasteiger partial charge in [0, 0.05) is 42.6 Å². The van der Waals surface area contributed by atoms with Crippen LogP contribution in [0.4, 0.5) is 0 Å². The van der Waals surface area contributed by atoms with Gasteiger partial charge >= 0.3 is 23.9 Å². The van der Waals surface area contributed by atoms with Crippen molar-refractivity contribution in [3.8, 4) is 5.75 Å². The Bertz CT molecular complexity index is 2610. The van der Waals surface area contributed by atoms with Gasteiger partial charge in [-0.2, -0.15) is 0 Å². The molecule has 1 aromatic rings. The first-order valence-corrected chi connectivity index (χ1v) is 29.4. The number of cyclic esters (lactones) is 1. The van der Waals surface area contributed by atoms with Gasteiger partial charge in [-0.3, -0.25) is 9.59 Å². The summed E-state index contributed by atoms with van der Waals surface area (Å²) in [6.45, 7) is 18.7. The molecule has 7 saturated carbocycles. The normalized spacial score (nSPS) is 51.7. The van der Waals surface area contributed by atoms with E-state index < -0.39 is 82.9 Å². The number of esters is 2. The predicted octanol–water partition coefficient (Wildman–Crippen LogP) is 7.02. The Morgan fingerprint density at radius 2 is 1.28 bits per heavy atom. The van der Waals surface area contributed by atoms with Crippen LogP contribution in [0, 0.1) is 91.2 Å². The van der Waals surface area contributed by atoms with Crippen LogP contribution in [0.1, 0.15) is 167 Å². The largest absolute Gasteiger partial charge is 0.484 e. The van der Waals surface area contributed by atoms with Gasteiger partial charge in [0.05, 0.1) is 37.2 Å². The number of fused-ring (bicyclic) bond motifs is 16. The van der Waals surface area contributed by atoms with Crippen LogP contribution in [0.15, 0.2) is 12.1 Å². The van der Waals surface area contributed by atoms with Gasteiger partial charge in [0.2, 0.25) is 5.79 Å². The summed E-state index contributed by atoms with van der Waals surface area (Å²) in [4.78, 5) is 52.1. The molecule has 0 unspecified atom stereocenters. The van der Waals surface area contributed by atoms with Crippen molar-refractivity contribution in [3.05, 3.63) is 28.8 Å². The van der Waals surface area contributed by atoms with Gasteiger partial charge in [-0.05, 0) is 177 Å². The van der Waals surface area contributed by atoms with Gasteiger partial charge in [0.25, 0.3) is 0 Å². The van der Waals surface area contributed by atoms with E-state index in [1.54, 1.807) is 19.1 Å². The van der Waals surface area contributed by atoms with Crippen molar-refractivity contribution in [2.24, 2.45) is 91.2 Å². The SMILES string of the molecule is COC(=O)CC[C@@]1(O)OC(=O)c2c1ccc1c2C[C@@H]2[C@@](CO)(CC[C@@H]3[C@@]2(C)CC[C@@H]2[C@]4(C)CC[C@@H]5[C@]6(C)CC[C@@H]7[C@@](C)(C(=O)O)[C@H](O[C@@H]8O[C@H](C(=O)O)[C@@H](O)[C@H](O)[C@H]8OC)C[C@H](C)[C@@]7(C)[C@@H]6C[C@@H](C)[C@]5(C)[C@H]4CC[C@]32CO)O1. The van der Waals surface area contributed by atoms with Crippen molar-refractivity contribution in [3.63, 3.8) is 0 Å². The lowest BCUT2D eigenvalue weighted by Gasteiger charge is -2.77. The van der Waals surface area contributed by atoms with E-state index in [1.165, 1.54) is 14.2 Å². The number of ether oxygens (including phenoxy) is 6. The third kappa shape index (κ3) is 7.18. The monoisotopic (exact) mass is 1090 g/mol. The topological polar surface area (TPSA) is 265 Å². The molecule has 0 aromatic heterocycles. The molecule has 1 saturated heterocycles. The van der Waals surface area contributed by atoms with Crippen LogP contribution < -0.4 is 4.74 Å². The maximum absolute atomic E-state index is 14.0. The lowest BCUT2D eigenvalue weighted by molar-refractivity contribution is -0.335. The Kier molecular flexibility index (Phi) is 13.4. The standard InChI is InChI=1S/C61H88O17/c1-30-25-40-54(4,21-15-39-57(40,7)31(2)26-42(58(39,8)52(70)71)75-51-48(74-10)46(66)45(65)47(76-51)49(67)68)35-13-19-53(3)36(56(30,35)6)16-22-59(28-62)37(53)14-20-55(5)38(59)17-23-60(29-63)41(55)27-32-34(77-60)12-11-33-44(32)50(69)78-61(33,72)24-18-43(64)73-9/h11-12,30-31,35-42,45-48,51,62-63,65-66,72H,13-29H2,1-10H3,(H,67,68)(H,70,71)/t30-,31+,35-,36+,37-,38-,39+,40-,41+,42-,45+,46+,47+,48-,51-,53-,54+,55-,56+,57-,58-,59-,60+,61-/m1/s1. The molecular weight excluding hydrogens is 1000 g/mol. The Morgan fingerprint density at radius 3 is 1.88 bits per heavy atom. The van der Waals surface area contributed by atoms with Crippen molar-refractivity contribution < 1.29 is 83.3 Å². The zero-order valence-electron chi connectivity index (χ0n) is 47.5. The molecule has 1 aromatic carbocycles. The van der Waals surface area contributed by atoms with Crippen LogP contribution in [0.3, 0.4) is 0 Å². The number of rotatable bonds is 10. The molecule has 3 aliphatic heterocycles. The fourth-order valence-electron chi connectivity index (χ4n) is 22.4. The highest BCUT2D eigenvalue weighted by atomic mass is 16.7. The highest BCUT2D eigenvalue weighted by molar-refractivity contribution is 5.97. The molecule has 17 nitrogen and oxygen atoms in total.